The number of ether oxygens (including phenoxy) is 2. The van der Waals surface area contributed by atoms with Crippen molar-refractivity contribution in [3.8, 4) is 11.5 Å². The van der Waals surface area contributed by atoms with Gasteiger partial charge in [-0.2, -0.15) is 0 Å². The van der Waals surface area contributed by atoms with E-state index in [9.17, 15) is 4.39 Å². The second-order valence-corrected chi connectivity index (χ2v) is 3.46. The number of alkyl halides is 1. The lowest BCUT2D eigenvalue weighted by Gasteiger charge is -2.23. The van der Waals surface area contributed by atoms with E-state index in [2.05, 4.69) is 0 Å². The minimum absolute atomic E-state index is 0.305. The molecule has 2 N–H and O–H groups in total. The minimum atomic E-state index is -0.425. The van der Waals surface area contributed by atoms with Gasteiger partial charge in [0.2, 0.25) is 0 Å². The predicted molar refractivity (Wildman–Crippen MR) is 55.0 cm³/mol. The van der Waals surface area contributed by atoms with Gasteiger partial charge in [-0.1, -0.05) is 12.1 Å². The molecule has 0 amide bonds. The summed E-state index contributed by atoms with van der Waals surface area (Å²) in [4.78, 5) is 0. The molecular weight excluding hydrogens is 197 g/mol. The zero-order chi connectivity index (χ0) is 10.7. The van der Waals surface area contributed by atoms with Gasteiger partial charge in [0, 0.05) is 11.6 Å². The number of benzene rings is 1. The Morgan fingerprint density at radius 1 is 1.33 bits per heavy atom. The number of hydrogen-bond acceptors (Lipinski definition) is 3. The Kier molecular flexibility index (Phi) is 3.06. The van der Waals surface area contributed by atoms with Crippen LogP contribution in [0.1, 0.15) is 18.0 Å². The first kappa shape index (κ1) is 10.2. The molecule has 0 saturated heterocycles. The zero-order valence-electron chi connectivity index (χ0n) is 8.41. The van der Waals surface area contributed by atoms with Gasteiger partial charge in [-0.05, 0) is 12.5 Å². The van der Waals surface area contributed by atoms with Crippen LogP contribution in [-0.4, -0.2) is 19.9 Å². The lowest BCUT2D eigenvalue weighted by atomic mass is 10.0. The fraction of sp³-hybridized carbons (Fsp3) is 0.455. The van der Waals surface area contributed by atoms with E-state index < -0.39 is 6.67 Å². The van der Waals surface area contributed by atoms with E-state index in [1.54, 1.807) is 0 Å². The molecule has 0 bridgehead atoms. The molecule has 0 aromatic heterocycles. The summed E-state index contributed by atoms with van der Waals surface area (Å²) in [6.45, 7) is 0.646. The maximum Gasteiger partial charge on any atom is 0.166 e. The third-order valence-electron chi connectivity index (χ3n) is 2.42. The Bertz CT molecular complexity index is 343. The monoisotopic (exact) mass is 211 g/mol. The van der Waals surface area contributed by atoms with Crippen LogP contribution in [0.2, 0.25) is 0 Å². The van der Waals surface area contributed by atoms with Crippen LogP contribution in [0.15, 0.2) is 18.2 Å². The van der Waals surface area contributed by atoms with Crippen molar-refractivity contribution < 1.29 is 13.9 Å². The maximum absolute atomic E-state index is 12.2. The summed E-state index contributed by atoms with van der Waals surface area (Å²) in [5.74, 6) is 1.37. The van der Waals surface area contributed by atoms with E-state index in [0.717, 1.165) is 5.56 Å². The molecule has 2 rings (SSSR count). The predicted octanol–water partition coefficient (Wildman–Crippen LogP) is 1.82. The Morgan fingerprint density at radius 3 is 2.93 bits per heavy atom. The number of fused-ring (bicyclic) bond motifs is 1. The summed E-state index contributed by atoms with van der Waals surface area (Å²) in [7, 11) is 0. The summed E-state index contributed by atoms with van der Waals surface area (Å²) >= 11 is 0. The molecule has 0 unspecified atom stereocenters. The van der Waals surface area contributed by atoms with Crippen LogP contribution in [0, 0.1) is 0 Å². The van der Waals surface area contributed by atoms with E-state index in [1.807, 2.05) is 18.2 Å². The van der Waals surface area contributed by atoms with Crippen LogP contribution in [0.25, 0.3) is 0 Å². The molecule has 1 aliphatic rings. The molecular formula is C11H14FNO2. The SMILES string of the molecule is N[C@@H](CCF)c1cccc2c1OCCO2. The van der Waals surface area contributed by atoms with E-state index >= 15 is 0 Å². The molecule has 1 heterocycles. The molecule has 1 atom stereocenters. The molecule has 4 heteroatoms. The first-order valence-corrected chi connectivity index (χ1v) is 5.03. The lowest BCUT2D eigenvalue weighted by Crippen LogP contribution is -2.19. The van der Waals surface area contributed by atoms with E-state index in [1.165, 1.54) is 0 Å². The molecule has 15 heavy (non-hydrogen) atoms. The van der Waals surface area contributed by atoms with Gasteiger partial charge < -0.3 is 15.2 Å². The van der Waals surface area contributed by atoms with Crippen molar-refractivity contribution in [2.24, 2.45) is 5.73 Å². The molecule has 0 aliphatic carbocycles. The van der Waals surface area contributed by atoms with E-state index in [0.29, 0.717) is 31.1 Å². The van der Waals surface area contributed by atoms with Gasteiger partial charge in [0.25, 0.3) is 0 Å². The second-order valence-electron chi connectivity index (χ2n) is 3.46. The Labute approximate surface area is 88.0 Å². The highest BCUT2D eigenvalue weighted by Crippen LogP contribution is 2.36. The van der Waals surface area contributed by atoms with Gasteiger partial charge in [0.05, 0.1) is 6.67 Å². The lowest BCUT2D eigenvalue weighted by molar-refractivity contribution is 0.169. The quantitative estimate of drug-likeness (QED) is 0.829. The van der Waals surface area contributed by atoms with Gasteiger partial charge >= 0.3 is 0 Å². The van der Waals surface area contributed by atoms with Crippen LogP contribution in [0.4, 0.5) is 4.39 Å². The Balaban J connectivity index is 2.30. The highest BCUT2D eigenvalue weighted by molar-refractivity contribution is 5.48. The molecule has 1 aliphatic heterocycles. The van der Waals surface area contributed by atoms with E-state index in [-0.39, 0.29) is 6.04 Å². The van der Waals surface area contributed by atoms with Crippen molar-refractivity contribution in [2.75, 3.05) is 19.9 Å². The van der Waals surface area contributed by atoms with Gasteiger partial charge in [0.15, 0.2) is 11.5 Å². The first-order chi connectivity index (χ1) is 7.33. The fourth-order valence-electron chi connectivity index (χ4n) is 1.66. The number of para-hydroxylation sites is 1. The van der Waals surface area contributed by atoms with Gasteiger partial charge in [-0.25, -0.2) is 0 Å². The van der Waals surface area contributed by atoms with Crippen LogP contribution in [0.5, 0.6) is 11.5 Å². The minimum Gasteiger partial charge on any atom is -0.486 e. The average molecular weight is 211 g/mol. The molecule has 3 nitrogen and oxygen atoms in total. The number of nitrogens with two attached hydrogens (primary N) is 1. The standard InChI is InChI=1S/C11H14FNO2/c12-5-4-9(13)8-2-1-3-10-11(8)15-7-6-14-10/h1-3,9H,4-7,13H2/t9-/m0/s1. The van der Waals surface area contributed by atoms with Crippen LogP contribution in [-0.2, 0) is 0 Å². The van der Waals surface area contributed by atoms with Crippen molar-refractivity contribution in [2.45, 2.75) is 12.5 Å². The Morgan fingerprint density at radius 2 is 2.13 bits per heavy atom. The van der Waals surface area contributed by atoms with Crippen molar-refractivity contribution in [1.82, 2.24) is 0 Å². The number of rotatable bonds is 3. The van der Waals surface area contributed by atoms with Crippen LogP contribution in [0.3, 0.4) is 0 Å². The van der Waals surface area contributed by atoms with Gasteiger partial charge in [-0.15, -0.1) is 0 Å². The summed E-state index contributed by atoms with van der Waals surface area (Å²) in [5.41, 5.74) is 6.68. The van der Waals surface area contributed by atoms with Crippen molar-refractivity contribution >= 4 is 0 Å². The third-order valence-corrected chi connectivity index (χ3v) is 2.42. The van der Waals surface area contributed by atoms with Crippen molar-refractivity contribution in [1.29, 1.82) is 0 Å². The second kappa shape index (κ2) is 4.49. The molecule has 1 aromatic carbocycles. The highest BCUT2D eigenvalue weighted by Gasteiger charge is 2.19. The number of halogens is 1. The van der Waals surface area contributed by atoms with E-state index in [4.69, 9.17) is 15.2 Å². The smallest absolute Gasteiger partial charge is 0.166 e. The number of hydrogen-bond donors (Lipinski definition) is 1. The first-order valence-electron chi connectivity index (χ1n) is 5.03. The van der Waals surface area contributed by atoms with Gasteiger partial charge in [-0.3, -0.25) is 4.39 Å². The maximum atomic E-state index is 12.2. The van der Waals surface area contributed by atoms with Crippen LogP contribution >= 0.6 is 0 Å². The van der Waals surface area contributed by atoms with Gasteiger partial charge in [0.1, 0.15) is 13.2 Å². The fourth-order valence-corrected chi connectivity index (χ4v) is 1.66. The molecule has 82 valence electrons. The van der Waals surface area contributed by atoms with Crippen molar-refractivity contribution in [3.63, 3.8) is 0 Å². The molecule has 1 aromatic rings. The molecule has 0 spiro atoms. The highest BCUT2D eigenvalue weighted by atomic mass is 19.1. The largest absolute Gasteiger partial charge is 0.486 e. The third kappa shape index (κ3) is 2.04. The van der Waals surface area contributed by atoms with Crippen LogP contribution < -0.4 is 15.2 Å². The summed E-state index contributed by atoms with van der Waals surface area (Å²) in [6.07, 6.45) is 0.305. The molecule has 0 fully saturated rings. The van der Waals surface area contributed by atoms with Crippen molar-refractivity contribution in [3.05, 3.63) is 23.8 Å². The zero-order valence-corrected chi connectivity index (χ0v) is 8.41. The topological polar surface area (TPSA) is 44.5 Å². The average Bonchev–Trinajstić information content (AvgIpc) is 2.28. The Hall–Kier alpha value is -1.29. The summed E-state index contributed by atoms with van der Waals surface area (Å²) in [5, 5.41) is 0. The summed E-state index contributed by atoms with van der Waals surface area (Å²) in [6, 6.07) is 5.21. The summed E-state index contributed by atoms with van der Waals surface area (Å²) < 4.78 is 23.1. The molecule has 0 saturated carbocycles. The molecule has 0 radical (unpaired) electrons. The normalized spacial score (nSPS) is 16.1.